The van der Waals surface area contributed by atoms with Crippen molar-refractivity contribution in [2.75, 3.05) is 20.6 Å². The van der Waals surface area contributed by atoms with Crippen LogP contribution in [0.1, 0.15) is 11.3 Å². The van der Waals surface area contributed by atoms with Crippen LogP contribution in [0, 0.1) is 5.92 Å². The van der Waals surface area contributed by atoms with Gasteiger partial charge in [0.25, 0.3) is 0 Å². The Bertz CT molecular complexity index is 474. The van der Waals surface area contributed by atoms with E-state index in [2.05, 4.69) is 0 Å². The highest BCUT2D eigenvalue weighted by Gasteiger charge is 2.33. The SMILES string of the molecule is CN1C[C@@H](C(=O)N(C)Cc2ccc(Cl)s2)CC1=O. The van der Waals surface area contributed by atoms with Crippen LogP contribution in [0.4, 0.5) is 0 Å². The molecule has 0 bridgehead atoms. The van der Waals surface area contributed by atoms with Crippen LogP contribution in [-0.4, -0.2) is 42.3 Å². The van der Waals surface area contributed by atoms with Gasteiger partial charge in [-0.3, -0.25) is 9.59 Å². The lowest BCUT2D eigenvalue weighted by molar-refractivity contribution is -0.135. The molecule has 0 N–H and O–H groups in total. The summed E-state index contributed by atoms with van der Waals surface area (Å²) in [6.45, 7) is 1.07. The van der Waals surface area contributed by atoms with E-state index in [0.717, 1.165) is 9.21 Å². The molecule has 98 valence electrons. The van der Waals surface area contributed by atoms with E-state index in [4.69, 9.17) is 11.6 Å². The van der Waals surface area contributed by atoms with Gasteiger partial charge in [-0.1, -0.05) is 11.6 Å². The Balaban J connectivity index is 1.95. The molecule has 1 aliphatic rings. The van der Waals surface area contributed by atoms with E-state index < -0.39 is 0 Å². The molecule has 2 heterocycles. The summed E-state index contributed by atoms with van der Waals surface area (Å²) in [6, 6.07) is 3.75. The van der Waals surface area contributed by atoms with Crippen LogP contribution in [0.5, 0.6) is 0 Å². The molecule has 1 aliphatic heterocycles. The van der Waals surface area contributed by atoms with Gasteiger partial charge in [0.15, 0.2) is 0 Å². The molecular formula is C12H15ClN2O2S. The molecule has 0 spiro atoms. The van der Waals surface area contributed by atoms with E-state index >= 15 is 0 Å². The van der Waals surface area contributed by atoms with E-state index in [1.54, 1.807) is 23.9 Å². The average molecular weight is 287 g/mol. The van der Waals surface area contributed by atoms with Crippen LogP contribution < -0.4 is 0 Å². The molecule has 6 heteroatoms. The first-order valence-electron chi connectivity index (χ1n) is 5.70. The lowest BCUT2D eigenvalue weighted by Crippen LogP contribution is -2.33. The number of hydrogen-bond donors (Lipinski definition) is 0. The van der Waals surface area contributed by atoms with E-state index in [-0.39, 0.29) is 17.7 Å². The minimum Gasteiger partial charge on any atom is -0.345 e. The standard InChI is InChI=1S/C12H15ClN2O2S/c1-14-6-8(5-11(14)16)12(17)15(2)7-9-3-4-10(13)18-9/h3-4,8H,5-7H2,1-2H3/t8-/m0/s1. The Morgan fingerprint density at radius 1 is 1.61 bits per heavy atom. The highest BCUT2D eigenvalue weighted by atomic mass is 35.5. The van der Waals surface area contributed by atoms with E-state index in [9.17, 15) is 9.59 Å². The monoisotopic (exact) mass is 286 g/mol. The molecule has 1 fully saturated rings. The van der Waals surface area contributed by atoms with Crippen molar-refractivity contribution in [2.24, 2.45) is 5.92 Å². The first kappa shape index (κ1) is 13.4. The predicted octanol–water partition coefficient (Wildman–Crippen LogP) is 1.84. The summed E-state index contributed by atoms with van der Waals surface area (Å²) in [5, 5.41) is 0. The third-order valence-electron chi connectivity index (χ3n) is 3.09. The summed E-state index contributed by atoms with van der Waals surface area (Å²) >= 11 is 7.32. The van der Waals surface area contributed by atoms with E-state index in [1.165, 1.54) is 11.3 Å². The van der Waals surface area contributed by atoms with Crippen LogP contribution in [0.3, 0.4) is 0 Å². The van der Waals surface area contributed by atoms with Gasteiger partial charge in [-0.05, 0) is 12.1 Å². The van der Waals surface area contributed by atoms with Crippen LogP contribution >= 0.6 is 22.9 Å². The predicted molar refractivity (Wildman–Crippen MR) is 71.5 cm³/mol. The molecule has 0 saturated carbocycles. The smallest absolute Gasteiger partial charge is 0.228 e. The van der Waals surface area contributed by atoms with Gasteiger partial charge >= 0.3 is 0 Å². The zero-order valence-corrected chi connectivity index (χ0v) is 11.9. The molecule has 0 aromatic carbocycles. The van der Waals surface area contributed by atoms with E-state index in [0.29, 0.717) is 19.5 Å². The summed E-state index contributed by atoms with van der Waals surface area (Å²) < 4.78 is 0.724. The number of nitrogens with zero attached hydrogens (tertiary/aromatic N) is 2. The fourth-order valence-electron chi connectivity index (χ4n) is 2.09. The van der Waals surface area contributed by atoms with Gasteiger partial charge in [0.2, 0.25) is 11.8 Å². The number of carbonyl (C=O) groups is 2. The first-order valence-corrected chi connectivity index (χ1v) is 6.90. The maximum Gasteiger partial charge on any atom is 0.228 e. The number of carbonyl (C=O) groups excluding carboxylic acids is 2. The Labute approximate surface area is 115 Å². The van der Waals surface area contributed by atoms with Gasteiger partial charge in [0, 0.05) is 31.9 Å². The number of hydrogen-bond acceptors (Lipinski definition) is 3. The lowest BCUT2D eigenvalue weighted by atomic mass is 10.1. The maximum atomic E-state index is 12.2. The summed E-state index contributed by atoms with van der Waals surface area (Å²) in [5.41, 5.74) is 0. The van der Waals surface area contributed by atoms with Gasteiger partial charge in [0.1, 0.15) is 0 Å². The lowest BCUT2D eigenvalue weighted by Gasteiger charge is -2.19. The maximum absolute atomic E-state index is 12.2. The number of rotatable bonds is 3. The highest BCUT2D eigenvalue weighted by Crippen LogP contribution is 2.24. The zero-order chi connectivity index (χ0) is 13.3. The second-order valence-corrected chi connectivity index (χ2v) is 6.38. The van der Waals surface area contributed by atoms with Crippen molar-refractivity contribution >= 4 is 34.8 Å². The third kappa shape index (κ3) is 2.84. The molecule has 4 nitrogen and oxygen atoms in total. The molecule has 1 atom stereocenters. The number of halogens is 1. The molecule has 1 aromatic heterocycles. The largest absolute Gasteiger partial charge is 0.345 e. The van der Waals surface area contributed by atoms with Crippen molar-refractivity contribution in [2.45, 2.75) is 13.0 Å². The summed E-state index contributed by atoms with van der Waals surface area (Å²) in [4.78, 5) is 27.9. The van der Waals surface area contributed by atoms with Crippen LogP contribution in [-0.2, 0) is 16.1 Å². The molecule has 0 aliphatic carbocycles. The Hall–Kier alpha value is -1.07. The molecule has 2 amide bonds. The van der Waals surface area contributed by atoms with Crippen molar-refractivity contribution in [1.29, 1.82) is 0 Å². The molecule has 0 radical (unpaired) electrons. The van der Waals surface area contributed by atoms with Crippen molar-refractivity contribution in [3.8, 4) is 0 Å². The van der Waals surface area contributed by atoms with Crippen molar-refractivity contribution in [3.05, 3.63) is 21.3 Å². The van der Waals surface area contributed by atoms with Crippen molar-refractivity contribution < 1.29 is 9.59 Å². The highest BCUT2D eigenvalue weighted by molar-refractivity contribution is 7.16. The van der Waals surface area contributed by atoms with Gasteiger partial charge in [-0.2, -0.15) is 0 Å². The Morgan fingerprint density at radius 3 is 2.83 bits per heavy atom. The quantitative estimate of drug-likeness (QED) is 0.851. The Morgan fingerprint density at radius 2 is 2.33 bits per heavy atom. The molecular weight excluding hydrogens is 272 g/mol. The summed E-state index contributed by atoms with van der Waals surface area (Å²) in [5.74, 6) is -0.138. The first-order chi connectivity index (χ1) is 8.47. The average Bonchev–Trinajstić information content (AvgIpc) is 2.85. The number of amides is 2. The van der Waals surface area contributed by atoms with E-state index in [1.807, 2.05) is 12.1 Å². The van der Waals surface area contributed by atoms with Gasteiger partial charge in [-0.25, -0.2) is 0 Å². The summed E-state index contributed by atoms with van der Waals surface area (Å²) in [6.07, 6.45) is 0.324. The minimum absolute atomic E-state index is 0.0252. The fraction of sp³-hybridized carbons (Fsp3) is 0.500. The topological polar surface area (TPSA) is 40.6 Å². The third-order valence-corrected chi connectivity index (χ3v) is 4.30. The molecule has 1 aromatic rings. The molecule has 1 saturated heterocycles. The molecule has 18 heavy (non-hydrogen) atoms. The van der Waals surface area contributed by atoms with Crippen molar-refractivity contribution in [1.82, 2.24) is 9.80 Å². The molecule has 2 rings (SSSR count). The number of likely N-dealkylation sites (tertiary alicyclic amines) is 1. The second kappa shape index (κ2) is 5.28. The minimum atomic E-state index is -0.206. The van der Waals surface area contributed by atoms with Gasteiger partial charge in [-0.15, -0.1) is 11.3 Å². The fourth-order valence-corrected chi connectivity index (χ4v) is 3.23. The normalized spacial score (nSPS) is 19.4. The Kier molecular flexibility index (Phi) is 3.92. The zero-order valence-electron chi connectivity index (χ0n) is 10.4. The van der Waals surface area contributed by atoms with Crippen molar-refractivity contribution in [3.63, 3.8) is 0 Å². The van der Waals surface area contributed by atoms with Crippen LogP contribution in [0.2, 0.25) is 4.34 Å². The molecule has 0 unspecified atom stereocenters. The second-order valence-electron chi connectivity index (χ2n) is 4.58. The van der Waals surface area contributed by atoms with Gasteiger partial charge in [0.05, 0.1) is 16.8 Å². The summed E-state index contributed by atoms with van der Waals surface area (Å²) in [7, 11) is 3.49. The van der Waals surface area contributed by atoms with Crippen LogP contribution in [0.15, 0.2) is 12.1 Å². The number of thiophene rings is 1. The van der Waals surface area contributed by atoms with Gasteiger partial charge < -0.3 is 9.80 Å². The van der Waals surface area contributed by atoms with Crippen LogP contribution in [0.25, 0.3) is 0 Å².